The van der Waals surface area contributed by atoms with E-state index in [1.54, 1.807) is 6.20 Å². The van der Waals surface area contributed by atoms with Gasteiger partial charge in [-0.1, -0.05) is 54.6 Å². The van der Waals surface area contributed by atoms with E-state index < -0.39 is 0 Å². The first-order valence-electron chi connectivity index (χ1n) is 7.37. The molecule has 0 radical (unpaired) electrons. The van der Waals surface area contributed by atoms with Crippen LogP contribution in [0.15, 0.2) is 77.9 Å². The minimum Gasteiger partial charge on any atom is -0.255 e. The average Bonchev–Trinajstić information content (AvgIpc) is 2.56. The molecule has 2 aromatic carbocycles. The van der Waals surface area contributed by atoms with Crippen molar-refractivity contribution in [3.63, 3.8) is 0 Å². The van der Waals surface area contributed by atoms with Crippen LogP contribution < -0.4 is 0 Å². The van der Waals surface area contributed by atoms with Crippen LogP contribution in [0.5, 0.6) is 0 Å². The van der Waals surface area contributed by atoms with Crippen molar-refractivity contribution in [1.29, 1.82) is 0 Å². The van der Waals surface area contributed by atoms with Gasteiger partial charge in [0.05, 0.1) is 17.1 Å². The molecule has 0 fully saturated rings. The zero-order chi connectivity index (χ0) is 15.4. The smallest absolute Gasteiger partial charge is 0.0965 e. The van der Waals surface area contributed by atoms with E-state index in [9.17, 15) is 0 Å². The Kier molecular flexibility index (Phi) is 4.10. The highest BCUT2D eigenvalue weighted by Gasteiger charge is 2.10. The summed E-state index contributed by atoms with van der Waals surface area (Å²) >= 11 is 0. The maximum Gasteiger partial charge on any atom is 0.0965 e. The fourth-order valence-electron chi connectivity index (χ4n) is 2.46. The van der Waals surface area contributed by atoms with E-state index in [0.717, 1.165) is 22.7 Å². The molecule has 1 aromatic heterocycles. The molecule has 0 N–H and O–H groups in total. The highest BCUT2D eigenvalue weighted by molar-refractivity contribution is 6.12. The van der Waals surface area contributed by atoms with Gasteiger partial charge in [0.1, 0.15) is 0 Å². The van der Waals surface area contributed by atoms with Crippen LogP contribution in [-0.4, -0.2) is 10.7 Å². The van der Waals surface area contributed by atoms with Crippen LogP contribution in [0.2, 0.25) is 0 Å². The van der Waals surface area contributed by atoms with E-state index in [4.69, 9.17) is 4.99 Å². The zero-order valence-electron chi connectivity index (χ0n) is 12.8. The Morgan fingerprint density at radius 1 is 0.773 bits per heavy atom. The first kappa shape index (κ1) is 14.2. The van der Waals surface area contributed by atoms with Gasteiger partial charge in [0.15, 0.2) is 0 Å². The molecule has 0 atom stereocenters. The fourth-order valence-corrected chi connectivity index (χ4v) is 2.46. The van der Waals surface area contributed by atoms with E-state index in [2.05, 4.69) is 49.2 Å². The normalized spacial score (nSPS) is 11.5. The summed E-state index contributed by atoms with van der Waals surface area (Å²) in [4.78, 5) is 9.43. The number of aliphatic imine (C=N–C) groups is 1. The quantitative estimate of drug-likeness (QED) is 0.631. The van der Waals surface area contributed by atoms with E-state index in [0.29, 0.717) is 0 Å². The first-order chi connectivity index (χ1) is 10.8. The number of para-hydroxylation sites is 1. The Morgan fingerprint density at radius 3 is 2.09 bits per heavy atom. The molecule has 0 bridgehead atoms. The van der Waals surface area contributed by atoms with Crippen LogP contribution in [0.25, 0.3) is 0 Å². The van der Waals surface area contributed by atoms with Crippen LogP contribution in [0, 0.1) is 13.8 Å². The molecule has 0 saturated carbocycles. The van der Waals surface area contributed by atoms with Gasteiger partial charge >= 0.3 is 0 Å². The van der Waals surface area contributed by atoms with Crippen molar-refractivity contribution in [2.24, 2.45) is 4.99 Å². The Hall–Kier alpha value is -2.74. The van der Waals surface area contributed by atoms with Crippen LogP contribution in [0.1, 0.15) is 22.4 Å². The summed E-state index contributed by atoms with van der Waals surface area (Å²) in [6, 6.07) is 22.4. The predicted octanol–water partition coefficient (Wildman–Crippen LogP) is 4.87. The van der Waals surface area contributed by atoms with Crippen molar-refractivity contribution in [2.75, 3.05) is 0 Å². The molecule has 22 heavy (non-hydrogen) atoms. The minimum absolute atomic E-state index is 0.886. The highest BCUT2D eigenvalue weighted by atomic mass is 14.8. The molecule has 0 unspecified atom stereocenters. The number of pyridine rings is 1. The van der Waals surface area contributed by atoms with Gasteiger partial charge in [-0.05, 0) is 37.1 Å². The summed E-state index contributed by atoms with van der Waals surface area (Å²) in [5, 5.41) is 0. The van der Waals surface area contributed by atoms with Crippen molar-refractivity contribution in [3.05, 3.63) is 95.3 Å². The molecule has 3 rings (SSSR count). The van der Waals surface area contributed by atoms with Crippen molar-refractivity contribution in [3.8, 4) is 0 Å². The lowest BCUT2D eigenvalue weighted by Crippen LogP contribution is -2.05. The van der Waals surface area contributed by atoms with Gasteiger partial charge in [-0.3, -0.25) is 4.98 Å². The average molecular weight is 286 g/mol. The van der Waals surface area contributed by atoms with Crippen molar-refractivity contribution >= 4 is 11.4 Å². The third-order valence-electron chi connectivity index (χ3n) is 3.62. The minimum atomic E-state index is 0.886. The highest BCUT2D eigenvalue weighted by Crippen LogP contribution is 2.25. The molecule has 108 valence electrons. The van der Waals surface area contributed by atoms with Crippen LogP contribution in [0.4, 0.5) is 5.69 Å². The molecular formula is C20H18N2. The third-order valence-corrected chi connectivity index (χ3v) is 3.62. The standard InChI is InChI=1S/C20H18N2/c1-15-9-8-10-16(2)19(15)22-20(17-11-4-3-5-12-17)18-13-6-7-14-21-18/h3-14H,1-2H3. The lowest BCUT2D eigenvalue weighted by atomic mass is 10.0. The van der Waals surface area contributed by atoms with Crippen LogP contribution in [0.3, 0.4) is 0 Å². The van der Waals surface area contributed by atoms with Gasteiger partial charge in [-0.2, -0.15) is 0 Å². The fraction of sp³-hybridized carbons (Fsp3) is 0.100. The number of hydrogen-bond acceptors (Lipinski definition) is 2. The number of nitrogens with zero attached hydrogens (tertiary/aromatic N) is 2. The molecule has 0 aliphatic heterocycles. The Labute approximate surface area is 131 Å². The van der Waals surface area contributed by atoms with E-state index in [1.165, 1.54) is 11.1 Å². The van der Waals surface area contributed by atoms with Gasteiger partial charge < -0.3 is 0 Å². The van der Waals surface area contributed by atoms with Gasteiger partial charge in [-0.25, -0.2) is 4.99 Å². The molecule has 0 spiro atoms. The van der Waals surface area contributed by atoms with Gasteiger partial charge in [-0.15, -0.1) is 0 Å². The van der Waals surface area contributed by atoms with Gasteiger partial charge in [0, 0.05) is 11.8 Å². The molecule has 2 nitrogen and oxygen atoms in total. The second kappa shape index (κ2) is 6.35. The summed E-state index contributed by atoms with van der Waals surface area (Å²) < 4.78 is 0. The summed E-state index contributed by atoms with van der Waals surface area (Å²) in [6.45, 7) is 4.18. The Morgan fingerprint density at radius 2 is 1.45 bits per heavy atom. The SMILES string of the molecule is Cc1cccc(C)c1N=C(c1ccccc1)c1ccccn1. The largest absolute Gasteiger partial charge is 0.255 e. The lowest BCUT2D eigenvalue weighted by molar-refractivity contribution is 1.27. The van der Waals surface area contributed by atoms with Crippen molar-refractivity contribution < 1.29 is 0 Å². The van der Waals surface area contributed by atoms with Gasteiger partial charge in [0.25, 0.3) is 0 Å². The molecule has 0 aliphatic rings. The summed E-state index contributed by atoms with van der Waals surface area (Å²) in [5.41, 5.74) is 6.22. The summed E-state index contributed by atoms with van der Waals surface area (Å²) in [7, 11) is 0. The number of aryl methyl sites for hydroxylation is 2. The van der Waals surface area contributed by atoms with E-state index in [1.807, 2.05) is 36.4 Å². The summed E-state index contributed by atoms with van der Waals surface area (Å²) in [5.74, 6) is 0. The molecule has 0 aliphatic carbocycles. The Balaban J connectivity index is 2.20. The van der Waals surface area contributed by atoms with Crippen LogP contribution in [-0.2, 0) is 0 Å². The zero-order valence-corrected chi connectivity index (χ0v) is 12.8. The topological polar surface area (TPSA) is 25.2 Å². The van der Waals surface area contributed by atoms with Gasteiger partial charge in [0.2, 0.25) is 0 Å². The van der Waals surface area contributed by atoms with Crippen molar-refractivity contribution in [1.82, 2.24) is 4.98 Å². The first-order valence-corrected chi connectivity index (χ1v) is 7.37. The monoisotopic (exact) mass is 286 g/mol. The number of hydrogen-bond donors (Lipinski definition) is 0. The molecular weight excluding hydrogens is 268 g/mol. The second-order valence-electron chi connectivity index (χ2n) is 5.28. The maximum atomic E-state index is 4.95. The molecule has 0 saturated heterocycles. The second-order valence-corrected chi connectivity index (χ2v) is 5.28. The molecule has 2 heteroatoms. The number of aromatic nitrogens is 1. The summed E-state index contributed by atoms with van der Waals surface area (Å²) in [6.07, 6.45) is 1.80. The third kappa shape index (κ3) is 2.96. The van der Waals surface area contributed by atoms with E-state index >= 15 is 0 Å². The molecule has 1 heterocycles. The number of benzene rings is 2. The predicted molar refractivity (Wildman–Crippen MR) is 91.9 cm³/mol. The Bertz CT molecular complexity index is 729. The van der Waals surface area contributed by atoms with Crippen LogP contribution >= 0.6 is 0 Å². The van der Waals surface area contributed by atoms with E-state index in [-0.39, 0.29) is 0 Å². The van der Waals surface area contributed by atoms with Crippen molar-refractivity contribution in [2.45, 2.75) is 13.8 Å². The molecule has 0 amide bonds. The number of rotatable bonds is 3. The maximum absolute atomic E-state index is 4.95. The molecule has 3 aromatic rings. The lowest BCUT2D eigenvalue weighted by Gasteiger charge is -2.10.